The molecule has 2 aromatic carbocycles. The van der Waals surface area contributed by atoms with Crippen molar-refractivity contribution in [1.29, 1.82) is 5.26 Å². The van der Waals surface area contributed by atoms with Gasteiger partial charge in [-0.15, -0.1) is 0 Å². The lowest BCUT2D eigenvalue weighted by Gasteiger charge is -2.35. The fourth-order valence-electron chi connectivity index (χ4n) is 3.89. The zero-order valence-electron chi connectivity index (χ0n) is 17.7. The van der Waals surface area contributed by atoms with Gasteiger partial charge in [-0.1, -0.05) is 31.2 Å². The molecule has 160 valence electrons. The van der Waals surface area contributed by atoms with Gasteiger partial charge in [-0.2, -0.15) is 5.26 Å². The second-order valence-corrected chi connectivity index (χ2v) is 9.75. The summed E-state index contributed by atoms with van der Waals surface area (Å²) in [6.45, 7) is 8.03. The minimum atomic E-state index is -3.97. The SMILES string of the molecule is CCN1CCN(c2nc3ccccc3nc2[C@@H](C#N)S(=O)(=O)c2cccc(C)c2)CC1. The van der Waals surface area contributed by atoms with Crippen molar-refractivity contribution in [3.8, 4) is 6.07 Å². The first-order chi connectivity index (χ1) is 14.9. The minimum Gasteiger partial charge on any atom is -0.352 e. The Kier molecular flexibility index (Phi) is 5.90. The van der Waals surface area contributed by atoms with Crippen molar-refractivity contribution in [2.75, 3.05) is 37.6 Å². The van der Waals surface area contributed by atoms with Crippen LogP contribution in [0.3, 0.4) is 0 Å². The molecule has 1 aromatic heterocycles. The number of fused-ring (bicyclic) bond motifs is 1. The Morgan fingerprint density at radius 1 is 1.03 bits per heavy atom. The lowest BCUT2D eigenvalue weighted by Crippen LogP contribution is -2.47. The summed E-state index contributed by atoms with van der Waals surface area (Å²) in [5.74, 6) is 0.484. The topological polar surface area (TPSA) is 90.2 Å². The summed E-state index contributed by atoms with van der Waals surface area (Å²) in [7, 11) is -3.97. The van der Waals surface area contributed by atoms with Crippen molar-refractivity contribution >= 4 is 26.7 Å². The van der Waals surface area contributed by atoms with Gasteiger partial charge in [0.1, 0.15) is 5.69 Å². The van der Waals surface area contributed by atoms with E-state index in [-0.39, 0.29) is 10.6 Å². The molecule has 1 atom stereocenters. The number of hydrogen-bond donors (Lipinski definition) is 0. The molecule has 7 nitrogen and oxygen atoms in total. The summed E-state index contributed by atoms with van der Waals surface area (Å²) >= 11 is 0. The second-order valence-electron chi connectivity index (χ2n) is 7.71. The van der Waals surface area contributed by atoms with Gasteiger partial charge >= 0.3 is 0 Å². The number of rotatable bonds is 5. The molecule has 1 fully saturated rings. The van der Waals surface area contributed by atoms with Gasteiger partial charge in [0.05, 0.1) is 22.0 Å². The maximum Gasteiger partial charge on any atom is 0.200 e. The number of aryl methyl sites for hydroxylation is 1. The number of nitrogens with zero attached hydrogens (tertiary/aromatic N) is 5. The molecule has 1 saturated heterocycles. The van der Waals surface area contributed by atoms with Crippen LogP contribution >= 0.6 is 0 Å². The number of hydrogen-bond acceptors (Lipinski definition) is 7. The van der Waals surface area contributed by atoms with E-state index in [4.69, 9.17) is 4.98 Å². The molecule has 0 unspecified atom stereocenters. The maximum absolute atomic E-state index is 13.5. The molecular formula is C23H25N5O2S. The van der Waals surface area contributed by atoms with Crippen molar-refractivity contribution in [2.24, 2.45) is 0 Å². The lowest BCUT2D eigenvalue weighted by atomic mass is 10.2. The van der Waals surface area contributed by atoms with Gasteiger partial charge in [0, 0.05) is 26.2 Å². The summed E-state index contributed by atoms with van der Waals surface area (Å²) in [4.78, 5) is 13.9. The molecule has 31 heavy (non-hydrogen) atoms. The van der Waals surface area contributed by atoms with Crippen LogP contribution in [0.2, 0.25) is 0 Å². The number of sulfone groups is 1. The molecule has 0 spiro atoms. The number of likely N-dealkylation sites (N-methyl/N-ethyl adjacent to an activating group) is 1. The summed E-state index contributed by atoms with van der Waals surface area (Å²) in [5.41, 5.74) is 2.28. The maximum atomic E-state index is 13.5. The van der Waals surface area contributed by atoms with Crippen molar-refractivity contribution in [3.63, 3.8) is 0 Å². The van der Waals surface area contributed by atoms with E-state index in [1.54, 1.807) is 18.2 Å². The van der Waals surface area contributed by atoms with Crippen LogP contribution in [-0.4, -0.2) is 56.0 Å². The van der Waals surface area contributed by atoms with Gasteiger partial charge in [-0.3, -0.25) is 0 Å². The van der Waals surface area contributed by atoms with Crippen LogP contribution < -0.4 is 4.90 Å². The van der Waals surface area contributed by atoms with Crippen molar-refractivity contribution in [3.05, 3.63) is 59.8 Å². The first-order valence-corrected chi connectivity index (χ1v) is 11.9. The highest BCUT2D eigenvalue weighted by atomic mass is 32.2. The van der Waals surface area contributed by atoms with E-state index in [1.165, 1.54) is 6.07 Å². The van der Waals surface area contributed by atoms with Crippen LogP contribution in [-0.2, 0) is 9.84 Å². The molecule has 8 heteroatoms. The Morgan fingerprint density at radius 3 is 2.32 bits per heavy atom. The highest BCUT2D eigenvalue weighted by Crippen LogP contribution is 2.34. The fourth-order valence-corrected chi connectivity index (χ4v) is 5.38. The Morgan fingerprint density at radius 2 is 1.71 bits per heavy atom. The van der Waals surface area contributed by atoms with Crippen LogP contribution in [0.4, 0.5) is 5.82 Å². The molecule has 2 heterocycles. The van der Waals surface area contributed by atoms with E-state index in [0.717, 1.165) is 25.2 Å². The Balaban J connectivity index is 1.85. The normalized spacial score (nSPS) is 16.2. The van der Waals surface area contributed by atoms with Crippen LogP contribution in [0.15, 0.2) is 53.4 Å². The third-order valence-electron chi connectivity index (χ3n) is 5.69. The van der Waals surface area contributed by atoms with E-state index in [1.807, 2.05) is 37.3 Å². The number of anilines is 1. The van der Waals surface area contributed by atoms with E-state index < -0.39 is 15.1 Å². The molecule has 4 rings (SSSR count). The highest BCUT2D eigenvalue weighted by Gasteiger charge is 2.35. The molecule has 0 saturated carbocycles. The van der Waals surface area contributed by atoms with Crippen molar-refractivity contribution in [2.45, 2.75) is 24.0 Å². The Bertz CT molecular complexity index is 1240. The molecular weight excluding hydrogens is 410 g/mol. The van der Waals surface area contributed by atoms with Crippen LogP contribution in [0.1, 0.15) is 23.4 Å². The molecule has 1 aliphatic rings. The summed E-state index contributed by atoms with van der Waals surface area (Å²) in [5, 5.41) is 8.56. The number of benzene rings is 2. The third-order valence-corrected chi connectivity index (χ3v) is 7.55. The first kappa shape index (κ1) is 21.2. The lowest BCUT2D eigenvalue weighted by molar-refractivity contribution is 0.270. The average Bonchev–Trinajstić information content (AvgIpc) is 2.79. The van der Waals surface area contributed by atoms with E-state index in [9.17, 15) is 13.7 Å². The van der Waals surface area contributed by atoms with E-state index in [2.05, 4.69) is 21.7 Å². The quantitative estimate of drug-likeness (QED) is 0.608. The Hall–Kier alpha value is -3.02. The average molecular weight is 436 g/mol. The largest absolute Gasteiger partial charge is 0.352 e. The smallest absolute Gasteiger partial charge is 0.200 e. The van der Waals surface area contributed by atoms with E-state index in [0.29, 0.717) is 29.9 Å². The minimum absolute atomic E-state index is 0.121. The van der Waals surface area contributed by atoms with Crippen molar-refractivity contribution in [1.82, 2.24) is 14.9 Å². The summed E-state index contributed by atoms with van der Waals surface area (Å²) < 4.78 is 26.9. The number of para-hydroxylation sites is 2. The zero-order chi connectivity index (χ0) is 22.0. The number of nitriles is 1. The van der Waals surface area contributed by atoms with Crippen LogP contribution in [0.5, 0.6) is 0 Å². The number of aromatic nitrogens is 2. The third kappa shape index (κ3) is 4.11. The van der Waals surface area contributed by atoms with Gasteiger partial charge < -0.3 is 9.80 Å². The van der Waals surface area contributed by atoms with Gasteiger partial charge in [-0.05, 0) is 43.3 Å². The molecule has 0 radical (unpaired) electrons. The first-order valence-electron chi connectivity index (χ1n) is 10.4. The molecule has 0 amide bonds. The second kappa shape index (κ2) is 8.61. The van der Waals surface area contributed by atoms with Gasteiger partial charge in [0.15, 0.2) is 11.1 Å². The van der Waals surface area contributed by atoms with Gasteiger partial charge in [0.2, 0.25) is 9.84 Å². The standard InChI is InChI=1S/C23H25N5O2S/c1-3-27-11-13-28(14-12-27)23-22(25-19-9-4-5-10-20(19)26-23)21(16-24)31(29,30)18-8-6-7-17(2)15-18/h4-10,15,21H,3,11-14H2,1-2H3/t21-/m1/s1. The van der Waals surface area contributed by atoms with Crippen LogP contribution in [0, 0.1) is 18.3 Å². The predicted octanol–water partition coefficient (Wildman–Crippen LogP) is 3.12. The summed E-state index contributed by atoms with van der Waals surface area (Å²) in [6, 6.07) is 16.0. The number of piperazine rings is 1. The Labute approximate surface area is 182 Å². The van der Waals surface area contributed by atoms with Gasteiger partial charge in [0.25, 0.3) is 0 Å². The fraction of sp³-hybridized carbons (Fsp3) is 0.348. The summed E-state index contributed by atoms with van der Waals surface area (Å²) in [6.07, 6.45) is 0. The molecule has 1 aliphatic heterocycles. The van der Waals surface area contributed by atoms with Crippen molar-refractivity contribution < 1.29 is 8.42 Å². The molecule has 0 bridgehead atoms. The highest BCUT2D eigenvalue weighted by molar-refractivity contribution is 7.92. The predicted molar refractivity (Wildman–Crippen MR) is 121 cm³/mol. The zero-order valence-corrected chi connectivity index (χ0v) is 18.5. The van der Waals surface area contributed by atoms with Crippen LogP contribution in [0.25, 0.3) is 11.0 Å². The molecule has 0 N–H and O–H groups in total. The van der Waals surface area contributed by atoms with Gasteiger partial charge in [-0.25, -0.2) is 18.4 Å². The monoisotopic (exact) mass is 435 g/mol. The van der Waals surface area contributed by atoms with E-state index >= 15 is 0 Å². The molecule has 0 aliphatic carbocycles. The molecule has 3 aromatic rings.